The minimum Gasteiger partial charge on any atom is -0.336 e. The Labute approximate surface area is 120 Å². The summed E-state index contributed by atoms with van der Waals surface area (Å²) in [6, 6.07) is 4.23. The molecule has 0 amide bonds. The Bertz CT molecular complexity index is 522. The van der Waals surface area contributed by atoms with Gasteiger partial charge in [0.15, 0.2) is 0 Å². The summed E-state index contributed by atoms with van der Waals surface area (Å²) in [5, 5.41) is 5.53. The fourth-order valence-corrected chi connectivity index (χ4v) is 3.32. The van der Waals surface area contributed by atoms with Gasteiger partial charge in [-0.3, -0.25) is 4.21 Å². The van der Waals surface area contributed by atoms with Crippen LogP contribution in [-0.4, -0.2) is 31.8 Å². The average Bonchev–Trinajstić information content (AvgIpc) is 3.06. The topological polar surface area (TPSA) is 46.9 Å². The number of nitrogens with one attached hydrogen (secondary N) is 1. The van der Waals surface area contributed by atoms with E-state index < -0.39 is 10.8 Å². The monoisotopic (exact) mass is 297 g/mol. The van der Waals surface area contributed by atoms with Crippen LogP contribution in [-0.2, 0) is 17.8 Å². The van der Waals surface area contributed by atoms with Crippen LogP contribution in [0.1, 0.15) is 23.7 Å². The van der Waals surface area contributed by atoms with Crippen molar-refractivity contribution >= 4 is 22.1 Å². The third-order valence-corrected chi connectivity index (χ3v) is 5.19. The van der Waals surface area contributed by atoms with E-state index in [1.54, 1.807) is 11.3 Å². The molecule has 6 heteroatoms. The van der Waals surface area contributed by atoms with E-state index in [9.17, 15) is 4.21 Å². The summed E-state index contributed by atoms with van der Waals surface area (Å²) in [7, 11) is 1.27. The molecular formula is C13H19N3OS2. The van der Waals surface area contributed by atoms with Gasteiger partial charge in [0.2, 0.25) is 0 Å². The summed E-state index contributed by atoms with van der Waals surface area (Å²) >= 11 is 1.71. The summed E-state index contributed by atoms with van der Waals surface area (Å²) in [4.78, 5) is 5.65. The molecule has 0 aliphatic carbocycles. The van der Waals surface area contributed by atoms with E-state index in [-0.39, 0.29) is 6.04 Å². The van der Waals surface area contributed by atoms with Gasteiger partial charge in [0.25, 0.3) is 0 Å². The molecule has 0 spiro atoms. The van der Waals surface area contributed by atoms with Crippen molar-refractivity contribution in [2.24, 2.45) is 7.05 Å². The highest BCUT2D eigenvalue weighted by Gasteiger charge is 2.18. The van der Waals surface area contributed by atoms with Crippen molar-refractivity contribution in [3.05, 3.63) is 40.6 Å². The number of nitrogens with zero attached hydrogens (tertiary/aromatic N) is 2. The highest BCUT2D eigenvalue weighted by atomic mass is 32.2. The predicted molar refractivity (Wildman–Crippen MR) is 80.9 cm³/mol. The Kier molecular flexibility index (Phi) is 5.30. The van der Waals surface area contributed by atoms with E-state index >= 15 is 0 Å². The minimum absolute atomic E-state index is 0.0776. The number of imidazole rings is 1. The number of rotatable bonds is 7. The predicted octanol–water partition coefficient (Wildman–Crippen LogP) is 1.93. The molecule has 0 saturated heterocycles. The van der Waals surface area contributed by atoms with Crippen molar-refractivity contribution < 1.29 is 4.21 Å². The number of hydrogen-bond acceptors (Lipinski definition) is 4. The van der Waals surface area contributed by atoms with Gasteiger partial charge in [0, 0.05) is 53.2 Å². The SMILES string of the molecule is CCS(=O)CCNC(c1cccs1)c1nccn1C. The van der Waals surface area contributed by atoms with E-state index in [1.807, 2.05) is 37.0 Å². The van der Waals surface area contributed by atoms with Crippen molar-refractivity contribution in [2.75, 3.05) is 18.1 Å². The van der Waals surface area contributed by atoms with Crippen LogP contribution in [0.4, 0.5) is 0 Å². The van der Waals surface area contributed by atoms with Gasteiger partial charge in [-0.15, -0.1) is 11.3 Å². The zero-order valence-electron chi connectivity index (χ0n) is 11.2. The summed E-state index contributed by atoms with van der Waals surface area (Å²) in [5.74, 6) is 2.39. The molecule has 2 heterocycles. The largest absolute Gasteiger partial charge is 0.336 e. The molecule has 0 radical (unpaired) electrons. The first-order chi connectivity index (χ1) is 9.22. The molecule has 2 rings (SSSR count). The maximum Gasteiger partial charge on any atom is 0.131 e. The summed E-state index contributed by atoms with van der Waals surface area (Å²) in [5.41, 5.74) is 0. The lowest BCUT2D eigenvalue weighted by molar-refractivity contribution is 0.584. The molecule has 0 aliphatic heterocycles. The number of aromatic nitrogens is 2. The zero-order valence-corrected chi connectivity index (χ0v) is 12.8. The highest BCUT2D eigenvalue weighted by Crippen LogP contribution is 2.24. The standard InChI is InChI=1S/C13H19N3OS2/c1-3-19(17)10-7-14-12(11-5-4-9-18-11)13-15-6-8-16(13)2/h4-6,8-9,12,14H,3,7,10H2,1-2H3. The van der Waals surface area contributed by atoms with Crippen LogP contribution in [0.3, 0.4) is 0 Å². The van der Waals surface area contributed by atoms with E-state index in [4.69, 9.17) is 0 Å². The van der Waals surface area contributed by atoms with Crippen LogP contribution in [0.25, 0.3) is 0 Å². The Morgan fingerprint density at radius 2 is 2.42 bits per heavy atom. The van der Waals surface area contributed by atoms with Crippen molar-refractivity contribution in [1.82, 2.24) is 14.9 Å². The van der Waals surface area contributed by atoms with E-state index in [2.05, 4.69) is 21.7 Å². The molecule has 4 nitrogen and oxygen atoms in total. The Morgan fingerprint density at radius 1 is 1.58 bits per heavy atom. The minimum atomic E-state index is -0.729. The molecule has 0 bridgehead atoms. The quantitative estimate of drug-likeness (QED) is 0.849. The fraction of sp³-hybridized carbons (Fsp3) is 0.462. The molecule has 0 fully saturated rings. The lowest BCUT2D eigenvalue weighted by Gasteiger charge is -2.17. The van der Waals surface area contributed by atoms with Gasteiger partial charge < -0.3 is 9.88 Å². The van der Waals surface area contributed by atoms with Gasteiger partial charge in [-0.05, 0) is 11.4 Å². The van der Waals surface area contributed by atoms with Crippen molar-refractivity contribution in [3.8, 4) is 0 Å². The van der Waals surface area contributed by atoms with Gasteiger partial charge in [-0.2, -0.15) is 0 Å². The van der Waals surface area contributed by atoms with E-state index in [0.717, 1.165) is 12.4 Å². The van der Waals surface area contributed by atoms with Crippen molar-refractivity contribution in [2.45, 2.75) is 13.0 Å². The van der Waals surface area contributed by atoms with Gasteiger partial charge in [-0.25, -0.2) is 4.98 Å². The molecule has 2 aromatic heterocycles. The van der Waals surface area contributed by atoms with Gasteiger partial charge in [-0.1, -0.05) is 13.0 Å². The first-order valence-corrected chi connectivity index (χ1v) is 8.68. The Hall–Kier alpha value is -0.980. The van der Waals surface area contributed by atoms with Gasteiger partial charge in [0.1, 0.15) is 11.9 Å². The Balaban J connectivity index is 2.08. The second kappa shape index (κ2) is 6.98. The van der Waals surface area contributed by atoms with Crippen LogP contribution < -0.4 is 5.32 Å². The molecule has 2 unspecified atom stereocenters. The van der Waals surface area contributed by atoms with Crippen molar-refractivity contribution in [1.29, 1.82) is 0 Å². The van der Waals surface area contributed by atoms with Crippen LogP contribution in [0, 0.1) is 0 Å². The average molecular weight is 297 g/mol. The molecule has 104 valence electrons. The van der Waals surface area contributed by atoms with E-state index in [0.29, 0.717) is 11.5 Å². The van der Waals surface area contributed by atoms with Crippen LogP contribution in [0.5, 0.6) is 0 Å². The van der Waals surface area contributed by atoms with Crippen LogP contribution >= 0.6 is 11.3 Å². The lowest BCUT2D eigenvalue weighted by Crippen LogP contribution is -2.28. The maximum absolute atomic E-state index is 11.5. The van der Waals surface area contributed by atoms with Crippen LogP contribution in [0.15, 0.2) is 29.9 Å². The zero-order chi connectivity index (χ0) is 13.7. The molecule has 0 aromatic carbocycles. The number of aryl methyl sites for hydroxylation is 1. The first kappa shape index (κ1) is 14.4. The molecule has 2 aromatic rings. The highest BCUT2D eigenvalue weighted by molar-refractivity contribution is 7.84. The second-order valence-corrected chi connectivity index (χ2v) is 7.08. The summed E-state index contributed by atoms with van der Waals surface area (Å²) in [6.45, 7) is 2.68. The third-order valence-electron chi connectivity index (χ3n) is 2.94. The Morgan fingerprint density at radius 3 is 3.00 bits per heavy atom. The molecular weight excluding hydrogens is 278 g/mol. The van der Waals surface area contributed by atoms with E-state index in [1.165, 1.54) is 4.88 Å². The normalized spacial score (nSPS) is 14.4. The molecule has 2 atom stereocenters. The summed E-state index contributed by atoms with van der Waals surface area (Å²) in [6.07, 6.45) is 3.75. The van der Waals surface area contributed by atoms with Gasteiger partial charge >= 0.3 is 0 Å². The van der Waals surface area contributed by atoms with Crippen LogP contribution in [0.2, 0.25) is 0 Å². The summed E-state index contributed by atoms with van der Waals surface area (Å²) < 4.78 is 13.5. The molecule has 0 saturated carbocycles. The van der Waals surface area contributed by atoms with Gasteiger partial charge in [0.05, 0.1) is 0 Å². The first-order valence-electron chi connectivity index (χ1n) is 6.31. The molecule has 0 aliphatic rings. The number of thiophene rings is 1. The smallest absolute Gasteiger partial charge is 0.131 e. The molecule has 19 heavy (non-hydrogen) atoms. The maximum atomic E-state index is 11.5. The van der Waals surface area contributed by atoms with Crippen molar-refractivity contribution in [3.63, 3.8) is 0 Å². The lowest BCUT2D eigenvalue weighted by atomic mass is 10.2. The second-order valence-electron chi connectivity index (χ2n) is 4.23. The third kappa shape index (κ3) is 3.75. The fourth-order valence-electron chi connectivity index (χ4n) is 1.89. The molecule has 1 N–H and O–H groups in total. The number of hydrogen-bond donors (Lipinski definition) is 1.